The fourth-order valence-corrected chi connectivity index (χ4v) is 5.01. The van der Waals surface area contributed by atoms with Crippen LogP contribution in [0.15, 0.2) is 58.9 Å². The number of hydrogen-bond donors (Lipinski definition) is 1. The van der Waals surface area contributed by atoms with Gasteiger partial charge in [0.05, 0.1) is 7.11 Å². The lowest BCUT2D eigenvalue weighted by atomic mass is 9.85. The number of carbonyl (C=O) groups is 1. The second-order valence-electron chi connectivity index (χ2n) is 8.48. The molecule has 1 aliphatic carbocycles. The number of aryl methyl sites for hydroxylation is 1. The summed E-state index contributed by atoms with van der Waals surface area (Å²) >= 11 is 1.58. The van der Waals surface area contributed by atoms with E-state index in [0.29, 0.717) is 35.6 Å². The van der Waals surface area contributed by atoms with Crippen LogP contribution in [-0.4, -0.2) is 33.4 Å². The van der Waals surface area contributed by atoms with Crippen molar-refractivity contribution in [1.82, 2.24) is 14.8 Å². The predicted molar refractivity (Wildman–Crippen MR) is 133 cm³/mol. The number of carbonyl (C=O) groups excluding carboxylic acids is 1. The van der Waals surface area contributed by atoms with Gasteiger partial charge in [-0.3, -0.25) is 4.79 Å². The number of fused-ring (bicyclic) bond motifs is 1. The summed E-state index contributed by atoms with van der Waals surface area (Å²) in [5.74, 6) is 2.99. The van der Waals surface area contributed by atoms with Crippen molar-refractivity contribution >= 4 is 23.5 Å². The zero-order valence-electron chi connectivity index (χ0n) is 19.6. The van der Waals surface area contributed by atoms with Gasteiger partial charge in [-0.1, -0.05) is 54.6 Å². The molecule has 1 N–H and O–H groups in total. The normalized spacial score (nSPS) is 17.1. The third-order valence-corrected chi connectivity index (χ3v) is 6.86. The topological polar surface area (TPSA) is 78.3 Å². The lowest BCUT2D eigenvalue weighted by Crippen LogP contribution is -2.31. The van der Waals surface area contributed by atoms with Crippen LogP contribution < -0.4 is 14.8 Å². The zero-order chi connectivity index (χ0) is 23.7. The van der Waals surface area contributed by atoms with Crippen LogP contribution in [-0.2, 0) is 11.4 Å². The van der Waals surface area contributed by atoms with Crippen LogP contribution in [0.4, 0.5) is 5.95 Å². The van der Waals surface area contributed by atoms with Gasteiger partial charge >= 0.3 is 0 Å². The molecule has 2 aromatic carbocycles. The first-order chi connectivity index (χ1) is 16.6. The lowest BCUT2D eigenvalue weighted by molar-refractivity contribution is -0.116. The van der Waals surface area contributed by atoms with E-state index < -0.39 is 0 Å². The molecule has 1 atom stereocenters. The third-order valence-electron chi connectivity index (χ3n) is 6.14. The maximum Gasteiger partial charge on any atom is 0.227 e. The lowest BCUT2D eigenvalue weighted by Gasteiger charge is -2.32. The molecule has 1 aromatic heterocycles. The van der Waals surface area contributed by atoms with Gasteiger partial charge in [-0.2, -0.15) is 4.98 Å². The van der Waals surface area contributed by atoms with E-state index in [1.165, 1.54) is 5.56 Å². The quantitative estimate of drug-likeness (QED) is 0.463. The van der Waals surface area contributed by atoms with Crippen LogP contribution >= 0.6 is 11.8 Å². The summed E-state index contributed by atoms with van der Waals surface area (Å²) in [6, 6.07) is 13.8. The number of nitrogens with zero attached hydrogens (tertiary/aromatic N) is 3. The molecule has 0 radical (unpaired) electrons. The molecule has 0 spiro atoms. The summed E-state index contributed by atoms with van der Waals surface area (Å²) in [6.45, 7) is 4.58. The van der Waals surface area contributed by atoms with Crippen LogP contribution in [0.2, 0.25) is 0 Å². The van der Waals surface area contributed by atoms with Crippen molar-refractivity contribution < 1.29 is 14.3 Å². The van der Waals surface area contributed by atoms with Crippen molar-refractivity contribution in [2.24, 2.45) is 0 Å². The van der Waals surface area contributed by atoms with Crippen LogP contribution in [0.5, 0.6) is 11.5 Å². The minimum absolute atomic E-state index is 0.156. The molecule has 0 saturated carbocycles. The molecule has 2 heterocycles. The molecular weight excluding hydrogens is 448 g/mol. The first-order valence-electron chi connectivity index (χ1n) is 11.6. The Morgan fingerprint density at radius 2 is 1.97 bits per heavy atom. The second kappa shape index (κ2) is 9.54. The van der Waals surface area contributed by atoms with Gasteiger partial charge in [0.2, 0.25) is 11.1 Å². The SMILES string of the molecule is CCSc1nc2n(n1)C(c1ccc(OCc3ccc(C)cc3)c(OC)c1)C1=C(CCCC1=O)N2. The summed E-state index contributed by atoms with van der Waals surface area (Å²) in [5.41, 5.74) is 4.94. The molecule has 2 aliphatic rings. The number of rotatable bonds is 7. The highest BCUT2D eigenvalue weighted by atomic mass is 32.2. The number of allylic oxidation sites excluding steroid dienone is 2. The number of benzene rings is 2. The van der Waals surface area contributed by atoms with E-state index in [1.807, 2.05) is 22.9 Å². The molecule has 3 aromatic rings. The van der Waals surface area contributed by atoms with Crippen molar-refractivity contribution in [2.75, 3.05) is 18.2 Å². The van der Waals surface area contributed by atoms with E-state index in [-0.39, 0.29) is 11.8 Å². The fraction of sp³-hybridized carbons (Fsp3) is 0.346. The highest BCUT2D eigenvalue weighted by Gasteiger charge is 2.37. The van der Waals surface area contributed by atoms with Gasteiger partial charge in [0.15, 0.2) is 17.3 Å². The van der Waals surface area contributed by atoms with Crippen molar-refractivity contribution in [3.63, 3.8) is 0 Å². The molecule has 0 bridgehead atoms. The number of anilines is 1. The Hall–Kier alpha value is -3.26. The van der Waals surface area contributed by atoms with Crippen LogP contribution in [0.25, 0.3) is 0 Å². The first-order valence-corrected chi connectivity index (χ1v) is 12.5. The first kappa shape index (κ1) is 22.5. The Bertz CT molecular complexity index is 1250. The summed E-state index contributed by atoms with van der Waals surface area (Å²) in [6.07, 6.45) is 2.22. The van der Waals surface area contributed by atoms with Gasteiger partial charge in [0.1, 0.15) is 12.6 Å². The van der Waals surface area contributed by atoms with Gasteiger partial charge in [-0.15, -0.1) is 5.10 Å². The van der Waals surface area contributed by atoms with E-state index >= 15 is 0 Å². The monoisotopic (exact) mass is 476 g/mol. The van der Waals surface area contributed by atoms with Crippen LogP contribution in [0.3, 0.4) is 0 Å². The predicted octanol–water partition coefficient (Wildman–Crippen LogP) is 5.31. The molecule has 0 amide bonds. The number of ketones is 1. The molecule has 34 heavy (non-hydrogen) atoms. The van der Waals surface area contributed by atoms with Crippen molar-refractivity contribution in [3.8, 4) is 11.5 Å². The molecule has 176 valence electrons. The Labute approximate surface area is 203 Å². The largest absolute Gasteiger partial charge is 0.493 e. The minimum Gasteiger partial charge on any atom is -0.493 e. The Morgan fingerprint density at radius 1 is 1.15 bits per heavy atom. The Balaban J connectivity index is 1.50. The standard InChI is InChI=1S/C26H28N4O3S/c1-4-34-26-28-25-27-19-6-5-7-20(31)23(19)24(30(25)29-26)18-12-13-21(22(14-18)32-3)33-15-17-10-8-16(2)9-11-17/h8-14,24H,4-7,15H2,1-3H3,(H,27,28,29). The Morgan fingerprint density at radius 3 is 2.74 bits per heavy atom. The summed E-state index contributed by atoms with van der Waals surface area (Å²) in [4.78, 5) is 17.7. The smallest absolute Gasteiger partial charge is 0.227 e. The van der Waals surface area contributed by atoms with Gasteiger partial charge in [-0.25, -0.2) is 4.68 Å². The number of hydrogen-bond acceptors (Lipinski definition) is 7. The van der Waals surface area contributed by atoms with Gasteiger partial charge in [0, 0.05) is 17.7 Å². The maximum absolute atomic E-state index is 13.0. The summed E-state index contributed by atoms with van der Waals surface area (Å²) < 4.78 is 13.6. The number of aromatic nitrogens is 3. The van der Waals surface area contributed by atoms with Gasteiger partial charge < -0.3 is 14.8 Å². The third kappa shape index (κ3) is 4.30. The summed E-state index contributed by atoms with van der Waals surface area (Å²) in [5, 5.41) is 8.80. The molecule has 1 unspecified atom stereocenters. The minimum atomic E-state index is -0.349. The van der Waals surface area contributed by atoms with Crippen molar-refractivity contribution in [1.29, 1.82) is 0 Å². The highest BCUT2D eigenvalue weighted by Crippen LogP contribution is 2.42. The number of ether oxygens (including phenoxy) is 2. The maximum atomic E-state index is 13.0. The van der Waals surface area contributed by atoms with E-state index in [2.05, 4.69) is 48.4 Å². The number of nitrogens with one attached hydrogen (secondary N) is 1. The van der Waals surface area contributed by atoms with E-state index in [0.717, 1.165) is 41.0 Å². The van der Waals surface area contributed by atoms with E-state index in [4.69, 9.17) is 14.6 Å². The van der Waals surface area contributed by atoms with Gasteiger partial charge in [0.25, 0.3) is 0 Å². The van der Waals surface area contributed by atoms with Crippen molar-refractivity contribution in [3.05, 3.63) is 70.4 Å². The van der Waals surface area contributed by atoms with E-state index in [1.54, 1.807) is 18.9 Å². The molecule has 0 fully saturated rings. The second-order valence-corrected chi connectivity index (χ2v) is 9.71. The zero-order valence-corrected chi connectivity index (χ0v) is 20.4. The number of Topliss-reactive ketones (excluding diaryl/α,β-unsaturated/α-hetero) is 1. The highest BCUT2D eigenvalue weighted by molar-refractivity contribution is 7.99. The summed E-state index contributed by atoms with van der Waals surface area (Å²) in [7, 11) is 1.63. The van der Waals surface area contributed by atoms with Gasteiger partial charge in [-0.05, 0) is 48.8 Å². The van der Waals surface area contributed by atoms with Crippen LogP contribution in [0, 0.1) is 6.92 Å². The molecule has 5 rings (SSSR count). The molecule has 0 saturated heterocycles. The number of methoxy groups -OCH3 is 1. The average Bonchev–Trinajstić information content (AvgIpc) is 3.25. The fourth-order valence-electron chi connectivity index (χ4n) is 4.45. The molecule has 7 nitrogen and oxygen atoms in total. The Kier molecular flexibility index (Phi) is 6.32. The molecule has 1 aliphatic heterocycles. The van der Waals surface area contributed by atoms with E-state index in [9.17, 15) is 4.79 Å². The molecule has 8 heteroatoms. The molecular formula is C26H28N4O3S. The van der Waals surface area contributed by atoms with Crippen LogP contribution in [0.1, 0.15) is 48.9 Å². The van der Waals surface area contributed by atoms with Crippen molar-refractivity contribution in [2.45, 2.75) is 50.9 Å². The number of thioether (sulfide) groups is 1. The average molecular weight is 477 g/mol.